The fourth-order valence-corrected chi connectivity index (χ4v) is 0.174. The van der Waals surface area contributed by atoms with Gasteiger partial charge in [0.15, 0.2) is 0 Å². The zero-order valence-electron chi connectivity index (χ0n) is 4.42. The summed E-state index contributed by atoms with van der Waals surface area (Å²) in [4.78, 5) is 9.78. The lowest BCUT2D eigenvalue weighted by molar-refractivity contribution is -0.117. The van der Waals surface area contributed by atoms with Gasteiger partial charge in [0.05, 0.1) is 0 Å². The minimum Gasteiger partial charge on any atom is -0.370 e. The number of rotatable bonds is 2. The molecule has 0 saturated carbocycles. The topological polar surface area (TPSA) is 43.1 Å². The summed E-state index contributed by atoms with van der Waals surface area (Å²) in [5.74, 6) is -0.273. The molecular weight excluding hydrogens is 149 g/mol. The molecule has 0 aliphatic carbocycles. The molecule has 0 spiro atoms. The van der Waals surface area contributed by atoms with Crippen molar-refractivity contribution >= 4 is 30.7 Å². The van der Waals surface area contributed by atoms with Gasteiger partial charge in [0.1, 0.15) is 0 Å². The number of primary amides is 1. The van der Waals surface area contributed by atoms with Crippen molar-refractivity contribution in [2.45, 2.75) is 12.8 Å². The average molecular weight is 159 g/mol. The lowest BCUT2D eigenvalue weighted by atomic mass is 10.3. The monoisotopic (exact) mass is 158 g/mol. The molecule has 8 heavy (non-hydrogen) atoms. The van der Waals surface area contributed by atoms with Gasteiger partial charge in [0.25, 0.3) is 0 Å². The Morgan fingerprint density at radius 1 is 1.50 bits per heavy atom. The highest BCUT2D eigenvalue weighted by Gasteiger charge is 1.84. The molecule has 1 amide bonds. The quantitative estimate of drug-likeness (QED) is 0.639. The van der Waals surface area contributed by atoms with Crippen molar-refractivity contribution in [3.05, 3.63) is 6.92 Å². The van der Waals surface area contributed by atoms with Crippen LogP contribution in [0.2, 0.25) is 0 Å². The van der Waals surface area contributed by atoms with Crippen LogP contribution < -0.4 is 5.73 Å². The number of amides is 1. The third-order valence-corrected chi connectivity index (χ3v) is 0.423. The van der Waals surface area contributed by atoms with Gasteiger partial charge in [-0.25, -0.2) is 0 Å². The van der Waals surface area contributed by atoms with E-state index in [4.69, 9.17) is 5.73 Å². The molecule has 0 aromatic rings. The smallest absolute Gasteiger partial charge is 0.217 e. The Morgan fingerprint density at radius 3 is 1.88 bits per heavy atom. The molecular formula is C4H10Cl2NO. The fourth-order valence-electron chi connectivity index (χ4n) is 0.174. The summed E-state index contributed by atoms with van der Waals surface area (Å²) in [6, 6.07) is 0. The van der Waals surface area contributed by atoms with Crippen LogP contribution in [0.3, 0.4) is 0 Å². The van der Waals surface area contributed by atoms with Crippen LogP contribution in [-0.2, 0) is 4.79 Å². The third-order valence-electron chi connectivity index (χ3n) is 0.423. The second kappa shape index (κ2) is 10.1. The molecule has 0 fully saturated rings. The van der Waals surface area contributed by atoms with Crippen LogP contribution in [0.1, 0.15) is 12.8 Å². The van der Waals surface area contributed by atoms with Crippen molar-refractivity contribution in [2.24, 2.45) is 5.73 Å². The second-order valence-electron chi connectivity index (χ2n) is 1.07. The SMILES string of the molecule is Cl.Cl.[CH2]CCC(N)=O. The number of carbonyl (C=O) groups is 1. The van der Waals surface area contributed by atoms with Crippen LogP contribution in [0.15, 0.2) is 0 Å². The highest BCUT2D eigenvalue weighted by Crippen LogP contribution is 1.79. The molecule has 0 aliphatic heterocycles. The summed E-state index contributed by atoms with van der Waals surface area (Å²) in [6.07, 6.45) is 1.01. The van der Waals surface area contributed by atoms with Crippen molar-refractivity contribution in [3.63, 3.8) is 0 Å². The van der Waals surface area contributed by atoms with E-state index in [0.29, 0.717) is 12.8 Å². The Balaban J connectivity index is -0.000000125. The van der Waals surface area contributed by atoms with E-state index < -0.39 is 0 Å². The van der Waals surface area contributed by atoms with E-state index in [0.717, 1.165) is 0 Å². The third kappa shape index (κ3) is 16.6. The van der Waals surface area contributed by atoms with E-state index in [9.17, 15) is 4.79 Å². The Morgan fingerprint density at radius 2 is 1.88 bits per heavy atom. The fraction of sp³-hybridized carbons (Fsp3) is 0.500. The lowest BCUT2D eigenvalue weighted by Gasteiger charge is -1.81. The molecule has 0 rings (SSSR count). The number of halogens is 2. The molecule has 0 aliphatic rings. The molecule has 0 atom stereocenters. The van der Waals surface area contributed by atoms with Crippen molar-refractivity contribution in [2.75, 3.05) is 0 Å². The molecule has 2 nitrogen and oxygen atoms in total. The largest absolute Gasteiger partial charge is 0.370 e. The predicted octanol–water partition coefficient (Wildman–Crippen LogP) is 0.930. The van der Waals surface area contributed by atoms with Gasteiger partial charge in [0, 0.05) is 6.42 Å². The van der Waals surface area contributed by atoms with Crippen LogP contribution in [0.4, 0.5) is 0 Å². The zero-order chi connectivity index (χ0) is 4.99. The zero-order valence-corrected chi connectivity index (χ0v) is 6.06. The second-order valence-corrected chi connectivity index (χ2v) is 1.07. The van der Waals surface area contributed by atoms with Crippen molar-refractivity contribution < 1.29 is 4.79 Å². The Labute approximate surface area is 61.6 Å². The molecule has 0 aromatic carbocycles. The summed E-state index contributed by atoms with van der Waals surface area (Å²) >= 11 is 0. The van der Waals surface area contributed by atoms with Gasteiger partial charge >= 0.3 is 0 Å². The number of hydrogen-bond acceptors (Lipinski definition) is 1. The lowest BCUT2D eigenvalue weighted by Crippen LogP contribution is -2.08. The Kier molecular flexibility index (Phi) is 19.8. The first-order valence-electron chi connectivity index (χ1n) is 1.85. The predicted molar refractivity (Wildman–Crippen MR) is 38.3 cm³/mol. The van der Waals surface area contributed by atoms with Crippen LogP contribution in [-0.4, -0.2) is 5.91 Å². The average Bonchev–Trinajstić information content (AvgIpc) is 1.35. The number of carbonyl (C=O) groups excluding carboxylic acids is 1. The molecule has 4 heteroatoms. The van der Waals surface area contributed by atoms with Gasteiger partial charge < -0.3 is 5.73 Å². The van der Waals surface area contributed by atoms with Gasteiger partial charge in [-0.15, -0.1) is 24.8 Å². The standard InChI is InChI=1S/C4H8NO.2ClH/c1-2-3-4(5)6;;/h1-3H2,(H2,5,6);2*1H. The maximum absolute atomic E-state index is 9.78. The Hall–Kier alpha value is 0.0500. The highest BCUT2D eigenvalue weighted by molar-refractivity contribution is 5.85. The van der Waals surface area contributed by atoms with E-state index in [-0.39, 0.29) is 30.7 Å². The maximum atomic E-state index is 9.78. The van der Waals surface area contributed by atoms with Crippen molar-refractivity contribution in [3.8, 4) is 0 Å². The van der Waals surface area contributed by atoms with E-state index in [1.165, 1.54) is 0 Å². The molecule has 0 unspecified atom stereocenters. The minimum atomic E-state index is -0.273. The molecule has 1 radical (unpaired) electrons. The van der Waals surface area contributed by atoms with Crippen LogP contribution >= 0.6 is 24.8 Å². The van der Waals surface area contributed by atoms with Crippen molar-refractivity contribution in [1.29, 1.82) is 0 Å². The summed E-state index contributed by atoms with van der Waals surface area (Å²) in [5.41, 5.74) is 4.72. The van der Waals surface area contributed by atoms with Crippen LogP contribution in [0.5, 0.6) is 0 Å². The number of nitrogens with two attached hydrogens (primary N) is 1. The first-order valence-corrected chi connectivity index (χ1v) is 1.85. The van der Waals surface area contributed by atoms with Gasteiger partial charge in [0.2, 0.25) is 5.91 Å². The molecule has 2 N–H and O–H groups in total. The van der Waals surface area contributed by atoms with E-state index >= 15 is 0 Å². The van der Waals surface area contributed by atoms with Crippen LogP contribution in [0.25, 0.3) is 0 Å². The highest BCUT2D eigenvalue weighted by atomic mass is 35.5. The van der Waals surface area contributed by atoms with Gasteiger partial charge in [-0.3, -0.25) is 4.79 Å². The summed E-state index contributed by atoms with van der Waals surface area (Å²) in [7, 11) is 0. The van der Waals surface area contributed by atoms with Gasteiger partial charge in [-0.1, -0.05) is 6.92 Å². The molecule has 0 aromatic heterocycles. The molecule has 0 saturated heterocycles. The molecule has 0 heterocycles. The maximum Gasteiger partial charge on any atom is 0.217 e. The summed E-state index contributed by atoms with van der Waals surface area (Å²) < 4.78 is 0. The minimum absolute atomic E-state index is 0. The Bertz CT molecular complexity index is 58.0. The van der Waals surface area contributed by atoms with Crippen molar-refractivity contribution in [1.82, 2.24) is 0 Å². The normalized spacial score (nSPS) is 6.12. The first kappa shape index (κ1) is 15.7. The van der Waals surface area contributed by atoms with E-state index in [1.54, 1.807) is 0 Å². The number of hydrogen-bond donors (Lipinski definition) is 1. The first-order chi connectivity index (χ1) is 2.77. The van der Waals surface area contributed by atoms with E-state index in [1.807, 2.05) is 0 Å². The molecule has 0 bridgehead atoms. The summed E-state index contributed by atoms with van der Waals surface area (Å²) in [6.45, 7) is 3.42. The van der Waals surface area contributed by atoms with Gasteiger partial charge in [-0.2, -0.15) is 0 Å². The van der Waals surface area contributed by atoms with E-state index in [2.05, 4.69) is 6.92 Å². The van der Waals surface area contributed by atoms with Gasteiger partial charge in [-0.05, 0) is 6.42 Å². The van der Waals surface area contributed by atoms with Crippen LogP contribution in [0, 0.1) is 6.92 Å². The summed E-state index contributed by atoms with van der Waals surface area (Å²) in [5, 5.41) is 0. The molecule has 51 valence electrons.